The molecule has 0 saturated heterocycles. The van der Waals surface area contributed by atoms with Crippen molar-refractivity contribution in [3.63, 3.8) is 0 Å². The first-order chi connectivity index (χ1) is 8.35. The molecule has 2 aromatic rings. The van der Waals surface area contributed by atoms with Gasteiger partial charge in [-0.2, -0.15) is 0 Å². The molecular weight excluding hydrogens is 224 g/mol. The number of anilines is 1. The summed E-state index contributed by atoms with van der Waals surface area (Å²) in [5.41, 5.74) is 8.72. The van der Waals surface area contributed by atoms with E-state index in [1.165, 1.54) is 0 Å². The zero-order valence-electron chi connectivity index (χ0n) is 11.4. The van der Waals surface area contributed by atoms with Gasteiger partial charge in [-0.25, -0.2) is 4.98 Å². The van der Waals surface area contributed by atoms with Crippen LogP contribution in [0.2, 0.25) is 0 Å². The predicted octanol–water partition coefficient (Wildman–Crippen LogP) is 2.70. The number of aromatic nitrogens is 3. The van der Waals surface area contributed by atoms with Crippen LogP contribution in [0.1, 0.15) is 27.7 Å². The molecule has 0 bridgehead atoms. The number of fused-ring (bicyclic) bond motifs is 1. The van der Waals surface area contributed by atoms with E-state index in [1.807, 2.05) is 6.07 Å². The molecule has 4 nitrogen and oxygen atoms in total. The summed E-state index contributed by atoms with van der Waals surface area (Å²) in [4.78, 5) is 8.46. The van der Waals surface area contributed by atoms with Gasteiger partial charge < -0.3 is 10.3 Å². The molecule has 1 aliphatic rings. The number of hydrogen-bond donors (Lipinski definition) is 1. The maximum atomic E-state index is 6.03. The summed E-state index contributed by atoms with van der Waals surface area (Å²) in [6.07, 6.45) is 3.56. The van der Waals surface area contributed by atoms with Gasteiger partial charge in [0.2, 0.25) is 5.95 Å². The van der Waals surface area contributed by atoms with Crippen molar-refractivity contribution in [1.29, 1.82) is 0 Å². The fraction of sp³-hybridized carbons (Fsp3) is 0.571. The van der Waals surface area contributed by atoms with E-state index in [1.54, 1.807) is 12.4 Å². The van der Waals surface area contributed by atoms with Crippen molar-refractivity contribution < 1.29 is 0 Å². The van der Waals surface area contributed by atoms with Gasteiger partial charge in [0.25, 0.3) is 0 Å². The van der Waals surface area contributed by atoms with Crippen LogP contribution in [0, 0.1) is 16.7 Å². The number of imidazole rings is 1. The van der Waals surface area contributed by atoms with Crippen LogP contribution in [-0.2, 0) is 6.54 Å². The second-order valence-electron chi connectivity index (χ2n) is 6.44. The fourth-order valence-electron chi connectivity index (χ4n) is 3.16. The molecule has 0 radical (unpaired) electrons. The third kappa shape index (κ3) is 1.32. The highest BCUT2D eigenvalue weighted by molar-refractivity contribution is 5.77. The molecule has 4 heteroatoms. The van der Waals surface area contributed by atoms with E-state index in [9.17, 15) is 0 Å². The second kappa shape index (κ2) is 3.25. The predicted molar refractivity (Wildman–Crippen MR) is 73.0 cm³/mol. The summed E-state index contributed by atoms with van der Waals surface area (Å²) in [6.45, 7) is 10.2. The highest BCUT2D eigenvalue weighted by Crippen LogP contribution is 2.69. The number of pyridine rings is 1. The normalized spacial score (nSPS) is 21.3. The summed E-state index contributed by atoms with van der Waals surface area (Å²) in [7, 11) is 0. The quantitative estimate of drug-likeness (QED) is 0.883. The van der Waals surface area contributed by atoms with Gasteiger partial charge in [-0.15, -0.1) is 0 Å². The minimum atomic E-state index is 0.364. The molecule has 0 spiro atoms. The molecule has 2 heterocycles. The van der Waals surface area contributed by atoms with Gasteiger partial charge >= 0.3 is 0 Å². The van der Waals surface area contributed by atoms with E-state index in [4.69, 9.17) is 5.73 Å². The highest BCUT2D eigenvalue weighted by atomic mass is 15.2. The SMILES string of the molecule is CC1(C)C(Cn2c(N)nc3cnccc32)C1(C)C. The minimum Gasteiger partial charge on any atom is -0.369 e. The van der Waals surface area contributed by atoms with Crippen molar-refractivity contribution in [1.82, 2.24) is 14.5 Å². The Morgan fingerprint density at radius 2 is 1.94 bits per heavy atom. The maximum Gasteiger partial charge on any atom is 0.201 e. The Kier molecular flexibility index (Phi) is 2.08. The molecular formula is C14H20N4. The van der Waals surface area contributed by atoms with Gasteiger partial charge in [0.05, 0.1) is 11.7 Å². The number of hydrogen-bond acceptors (Lipinski definition) is 3. The average Bonchev–Trinajstić information content (AvgIpc) is 2.57. The van der Waals surface area contributed by atoms with Crippen molar-refractivity contribution in [3.05, 3.63) is 18.5 Å². The summed E-state index contributed by atoms with van der Waals surface area (Å²) >= 11 is 0. The number of nitrogen functional groups attached to an aromatic ring is 1. The molecule has 3 rings (SSSR count). The van der Waals surface area contributed by atoms with Crippen LogP contribution >= 0.6 is 0 Å². The molecule has 1 fully saturated rings. The summed E-state index contributed by atoms with van der Waals surface area (Å²) in [5.74, 6) is 1.23. The summed E-state index contributed by atoms with van der Waals surface area (Å²) < 4.78 is 2.12. The van der Waals surface area contributed by atoms with Crippen LogP contribution in [0.3, 0.4) is 0 Å². The molecule has 0 atom stereocenters. The molecule has 0 aliphatic heterocycles. The Hall–Kier alpha value is -1.58. The first-order valence-electron chi connectivity index (χ1n) is 6.41. The minimum absolute atomic E-state index is 0.364. The zero-order valence-corrected chi connectivity index (χ0v) is 11.4. The van der Waals surface area contributed by atoms with Gasteiger partial charge in [0.1, 0.15) is 5.52 Å². The van der Waals surface area contributed by atoms with Crippen LogP contribution < -0.4 is 5.73 Å². The van der Waals surface area contributed by atoms with Crippen molar-refractivity contribution >= 4 is 17.0 Å². The number of nitrogens with zero attached hydrogens (tertiary/aromatic N) is 3. The number of rotatable bonds is 2. The van der Waals surface area contributed by atoms with Gasteiger partial charge in [-0.3, -0.25) is 4.98 Å². The Balaban J connectivity index is 2.00. The Morgan fingerprint density at radius 1 is 1.28 bits per heavy atom. The van der Waals surface area contributed by atoms with Crippen LogP contribution in [-0.4, -0.2) is 14.5 Å². The molecule has 96 valence electrons. The van der Waals surface area contributed by atoms with Crippen LogP contribution in [0.15, 0.2) is 18.5 Å². The van der Waals surface area contributed by atoms with Crippen molar-refractivity contribution in [3.8, 4) is 0 Å². The molecule has 18 heavy (non-hydrogen) atoms. The fourth-order valence-corrected chi connectivity index (χ4v) is 3.16. The van der Waals surface area contributed by atoms with E-state index >= 15 is 0 Å². The van der Waals surface area contributed by atoms with E-state index in [-0.39, 0.29) is 0 Å². The summed E-state index contributed by atoms with van der Waals surface area (Å²) in [5, 5.41) is 0. The topological polar surface area (TPSA) is 56.7 Å². The monoisotopic (exact) mass is 244 g/mol. The third-order valence-electron chi connectivity index (χ3n) is 5.26. The Bertz CT molecular complexity index is 595. The van der Waals surface area contributed by atoms with Crippen molar-refractivity contribution in [2.75, 3.05) is 5.73 Å². The van der Waals surface area contributed by atoms with Crippen molar-refractivity contribution in [2.45, 2.75) is 34.2 Å². The lowest BCUT2D eigenvalue weighted by Crippen LogP contribution is -2.08. The maximum absolute atomic E-state index is 6.03. The van der Waals surface area contributed by atoms with Crippen LogP contribution in [0.25, 0.3) is 11.0 Å². The third-order valence-corrected chi connectivity index (χ3v) is 5.26. The molecule has 0 amide bonds. The molecule has 2 aromatic heterocycles. The van der Waals surface area contributed by atoms with Crippen molar-refractivity contribution in [2.24, 2.45) is 16.7 Å². The molecule has 2 N–H and O–H groups in total. The van der Waals surface area contributed by atoms with E-state index in [2.05, 4.69) is 42.2 Å². The largest absolute Gasteiger partial charge is 0.369 e. The molecule has 0 aromatic carbocycles. The lowest BCUT2D eigenvalue weighted by molar-refractivity contribution is 0.457. The van der Waals surface area contributed by atoms with Gasteiger partial charge in [0.15, 0.2) is 0 Å². The lowest BCUT2D eigenvalue weighted by atomic mass is 10.0. The van der Waals surface area contributed by atoms with E-state index in [0.717, 1.165) is 17.6 Å². The average molecular weight is 244 g/mol. The van der Waals surface area contributed by atoms with E-state index < -0.39 is 0 Å². The van der Waals surface area contributed by atoms with E-state index in [0.29, 0.717) is 22.7 Å². The second-order valence-corrected chi connectivity index (χ2v) is 6.44. The Morgan fingerprint density at radius 3 is 2.56 bits per heavy atom. The van der Waals surface area contributed by atoms with Crippen LogP contribution in [0.4, 0.5) is 5.95 Å². The van der Waals surface area contributed by atoms with Gasteiger partial charge in [-0.1, -0.05) is 27.7 Å². The first-order valence-corrected chi connectivity index (χ1v) is 6.41. The Labute approximate surface area is 107 Å². The highest BCUT2D eigenvalue weighted by Gasteiger charge is 2.64. The molecule has 1 saturated carbocycles. The van der Waals surface area contributed by atoms with Gasteiger partial charge in [-0.05, 0) is 22.8 Å². The lowest BCUT2D eigenvalue weighted by Gasteiger charge is -2.07. The first kappa shape index (κ1) is 11.5. The van der Waals surface area contributed by atoms with Crippen LogP contribution in [0.5, 0.6) is 0 Å². The van der Waals surface area contributed by atoms with Gasteiger partial charge in [0, 0.05) is 12.7 Å². The molecule has 0 unspecified atom stereocenters. The zero-order chi connectivity index (χ0) is 13.1. The molecule has 1 aliphatic carbocycles. The smallest absolute Gasteiger partial charge is 0.201 e. The number of nitrogens with two attached hydrogens (primary N) is 1. The standard InChI is InChI=1S/C14H20N4/c1-13(2)11(14(13,3)4)8-18-10-5-6-16-7-9(10)17-12(18)15/h5-7,11H,8H2,1-4H3,(H2,15,17). The summed E-state index contributed by atoms with van der Waals surface area (Å²) in [6, 6.07) is 1.99.